The van der Waals surface area contributed by atoms with Crippen LogP contribution in [0.25, 0.3) is 10.2 Å². The molecule has 24 heavy (non-hydrogen) atoms. The molecule has 0 radical (unpaired) electrons. The summed E-state index contributed by atoms with van der Waals surface area (Å²) in [5.41, 5.74) is 0.880. The van der Waals surface area contributed by atoms with Crippen molar-refractivity contribution in [2.75, 3.05) is 39.0 Å². The molecule has 1 aliphatic heterocycles. The van der Waals surface area contributed by atoms with Gasteiger partial charge in [0.15, 0.2) is 5.13 Å². The molecule has 1 atom stereocenters. The third kappa shape index (κ3) is 3.91. The Kier molecular flexibility index (Phi) is 5.11. The Hall–Kier alpha value is -1.99. The number of hydrogen-bond donors (Lipinski definition) is 1. The minimum atomic E-state index is -0.288. The summed E-state index contributed by atoms with van der Waals surface area (Å²) in [6.45, 7) is 2.15. The fourth-order valence-corrected chi connectivity index (χ4v) is 3.74. The molecule has 1 aliphatic rings. The zero-order chi connectivity index (χ0) is 17.1. The highest BCUT2D eigenvalue weighted by atomic mass is 32.1. The van der Waals surface area contributed by atoms with Crippen LogP contribution in [0.15, 0.2) is 24.3 Å². The van der Waals surface area contributed by atoms with Gasteiger partial charge in [-0.3, -0.25) is 9.59 Å². The van der Waals surface area contributed by atoms with E-state index in [0.29, 0.717) is 24.6 Å². The molecule has 2 amide bonds. The second-order valence-electron chi connectivity index (χ2n) is 6.37. The lowest BCUT2D eigenvalue weighted by Gasteiger charge is -2.17. The number of para-hydroxylation sites is 1. The van der Waals surface area contributed by atoms with Crippen molar-refractivity contribution in [2.24, 2.45) is 5.92 Å². The maximum Gasteiger partial charge on any atom is 0.231 e. The third-order valence-electron chi connectivity index (χ3n) is 4.14. The molecule has 2 heterocycles. The minimum Gasteiger partial charge on any atom is -0.342 e. The average Bonchev–Trinajstić information content (AvgIpc) is 3.10. The number of anilines is 1. The standard InChI is InChI=1S/C17H22N4O2S/c1-20(2)8-5-9-21-11-12(10-15(21)22)16(23)19-17-18-13-6-3-4-7-14(13)24-17/h3-4,6-7,12H,5,8-11H2,1-2H3,(H,18,19,23). The van der Waals surface area contributed by atoms with Crippen LogP contribution >= 0.6 is 11.3 Å². The quantitative estimate of drug-likeness (QED) is 0.869. The molecule has 3 rings (SSSR count). The Bertz CT molecular complexity index is 710. The molecule has 128 valence electrons. The summed E-state index contributed by atoms with van der Waals surface area (Å²) >= 11 is 1.46. The molecule has 1 aromatic carbocycles. The highest BCUT2D eigenvalue weighted by Gasteiger charge is 2.34. The predicted molar refractivity (Wildman–Crippen MR) is 96.1 cm³/mol. The molecular weight excluding hydrogens is 324 g/mol. The van der Waals surface area contributed by atoms with Crippen molar-refractivity contribution in [1.82, 2.24) is 14.8 Å². The van der Waals surface area contributed by atoms with Gasteiger partial charge in [0.25, 0.3) is 0 Å². The first-order valence-corrected chi connectivity index (χ1v) is 8.93. The molecule has 6 nitrogen and oxygen atoms in total. The molecule has 0 saturated carbocycles. The van der Waals surface area contributed by atoms with Crippen LogP contribution in [-0.4, -0.2) is 60.3 Å². The predicted octanol–water partition coefficient (Wildman–Crippen LogP) is 2.03. The molecule has 2 aromatic rings. The van der Waals surface area contributed by atoms with Crippen LogP contribution in [0.2, 0.25) is 0 Å². The number of carbonyl (C=O) groups excluding carboxylic acids is 2. The van der Waals surface area contributed by atoms with Crippen LogP contribution in [-0.2, 0) is 9.59 Å². The lowest BCUT2D eigenvalue weighted by molar-refractivity contribution is -0.128. The molecule has 1 aromatic heterocycles. The van der Waals surface area contributed by atoms with Gasteiger partial charge < -0.3 is 15.1 Å². The Morgan fingerprint density at radius 3 is 2.96 bits per heavy atom. The number of nitrogens with one attached hydrogen (secondary N) is 1. The Labute approximate surface area is 145 Å². The van der Waals surface area contributed by atoms with E-state index in [1.807, 2.05) is 38.4 Å². The van der Waals surface area contributed by atoms with Gasteiger partial charge in [-0.05, 0) is 39.2 Å². The van der Waals surface area contributed by atoms with E-state index in [1.165, 1.54) is 11.3 Å². The van der Waals surface area contributed by atoms with Crippen LogP contribution in [0.1, 0.15) is 12.8 Å². The van der Waals surface area contributed by atoms with E-state index in [0.717, 1.165) is 23.2 Å². The summed E-state index contributed by atoms with van der Waals surface area (Å²) in [6.07, 6.45) is 1.21. The van der Waals surface area contributed by atoms with E-state index in [1.54, 1.807) is 4.90 Å². The first-order valence-electron chi connectivity index (χ1n) is 8.12. The van der Waals surface area contributed by atoms with E-state index in [2.05, 4.69) is 15.2 Å². The summed E-state index contributed by atoms with van der Waals surface area (Å²) < 4.78 is 1.04. The van der Waals surface area contributed by atoms with E-state index in [9.17, 15) is 9.59 Å². The number of hydrogen-bond acceptors (Lipinski definition) is 5. The Morgan fingerprint density at radius 1 is 1.42 bits per heavy atom. The van der Waals surface area contributed by atoms with Crippen molar-refractivity contribution < 1.29 is 9.59 Å². The fraction of sp³-hybridized carbons (Fsp3) is 0.471. The van der Waals surface area contributed by atoms with Gasteiger partial charge in [-0.15, -0.1) is 0 Å². The molecule has 0 spiro atoms. The van der Waals surface area contributed by atoms with Gasteiger partial charge in [0.2, 0.25) is 11.8 Å². The summed E-state index contributed by atoms with van der Waals surface area (Å²) in [6, 6.07) is 7.78. The van der Waals surface area contributed by atoms with Gasteiger partial charge in [0, 0.05) is 19.5 Å². The summed E-state index contributed by atoms with van der Waals surface area (Å²) in [5.74, 6) is -0.334. The minimum absolute atomic E-state index is 0.0678. The Morgan fingerprint density at radius 2 is 2.21 bits per heavy atom. The van der Waals surface area contributed by atoms with Gasteiger partial charge >= 0.3 is 0 Å². The Balaban J connectivity index is 1.56. The zero-order valence-electron chi connectivity index (χ0n) is 14.0. The normalized spacial score (nSPS) is 17.9. The summed E-state index contributed by atoms with van der Waals surface area (Å²) in [5, 5.41) is 3.47. The number of rotatable bonds is 6. The summed E-state index contributed by atoms with van der Waals surface area (Å²) in [7, 11) is 4.03. The topological polar surface area (TPSA) is 65.5 Å². The van der Waals surface area contributed by atoms with E-state index < -0.39 is 0 Å². The number of likely N-dealkylation sites (tertiary alicyclic amines) is 1. The monoisotopic (exact) mass is 346 g/mol. The van der Waals surface area contributed by atoms with Gasteiger partial charge in [-0.25, -0.2) is 4.98 Å². The van der Waals surface area contributed by atoms with E-state index in [-0.39, 0.29) is 17.7 Å². The molecule has 1 unspecified atom stereocenters. The molecule has 1 saturated heterocycles. The molecule has 1 fully saturated rings. The number of benzene rings is 1. The highest BCUT2D eigenvalue weighted by molar-refractivity contribution is 7.22. The van der Waals surface area contributed by atoms with Crippen LogP contribution < -0.4 is 5.32 Å². The number of carbonyl (C=O) groups is 2. The van der Waals surface area contributed by atoms with Crippen LogP contribution in [0, 0.1) is 5.92 Å². The second-order valence-corrected chi connectivity index (χ2v) is 7.40. The number of nitrogens with zero attached hydrogens (tertiary/aromatic N) is 3. The first kappa shape index (κ1) is 16.9. The number of amides is 2. The smallest absolute Gasteiger partial charge is 0.231 e. The molecule has 1 N–H and O–H groups in total. The van der Waals surface area contributed by atoms with Crippen molar-refractivity contribution >= 4 is 38.5 Å². The second kappa shape index (κ2) is 7.27. The number of aromatic nitrogens is 1. The van der Waals surface area contributed by atoms with Crippen molar-refractivity contribution in [1.29, 1.82) is 0 Å². The van der Waals surface area contributed by atoms with Crippen LogP contribution in [0.5, 0.6) is 0 Å². The van der Waals surface area contributed by atoms with Crippen LogP contribution in [0.3, 0.4) is 0 Å². The van der Waals surface area contributed by atoms with E-state index in [4.69, 9.17) is 0 Å². The maximum absolute atomic E-state index is 12.4. The van der Waals surface area contributed by atoms with Crippen molar-refractivity contribution in [3.05, 3.63) is 24.3 Å². The number of fused-ring (bicyclic) bond motifs is 1. The average molecular weight is 346 g/mol. The van der Waals surface area contributed by atoms with Crippen LogP contribution in [0.4, 0.5) is 5.13 Å². The lowest BCUT2D eigenvalue weighted by Crippen LogP contribution is -2.30. The number of thiazole rings is 1. The van der Waals surface area contributed by atoms with E-state index >= 15 is 0 Å². The summed E-state index contributed by atoms with van der Waals surface area (Å²) in [4.78, 5) is 32.8. The molecular formula is C17H22N4O2S. The highest BCUT2D eigenvalue weighted by Crippen LogP contribution is 2.27. The lowest BCUT2D eigenvalue weighted by atomic mass is 10.1. The first-order chi connectivity index (χ1) is 11.5. The third-order valence-corrected chi connectivity index (χ3v) is 5.09. The van der Waals surface area contributed by atoms with Gasteiger partial charge in [0.1, 0.15) is 0 Å². The van der Waals surface area contributed by atoms with Gasteiger partial charge in [-0.1, -0.05) is 23.5 Å². The van der Waals surface area contributed by atoms with Crippen molar-refractivity contribution in [3.8, 4) is 0 Å². The maximum atomic E-state index is 12.4. The SMILES string of the molecule is CN(C)CCCN1CC(C(=O)Nc2nc3ccccc3s2)CC1=O. The molecule has 7 heteroatoms. The van der Waals surface area contributed by atoms with Crippen molar-refractivity contribution in [3.63, 3.8) is 0 Å². The van der Waals surface area contributed by atoms with Gasteiger partial charge in [-0.2, -0.15) is 0 Å². The van der Waals surface area contributed by atoms with Gasteiger partial charge in [0.05, 0.1) is 16.1 Å². The molecule has 0 aliphatic carbocycles. The molecule has 0 bridgehead atoms. The zero-order valence-corrected chi connectivity index (χ0v) is 14.8. The fourth-order valence-electron chi connectivity index (χ4n) is 2.87. The largest absolute Gasteiger partial charge is 0.342 e. The van der Waals surface area contributed by atoms with Crippen molar-refractivity contribution in [2.45, 2.75) is 12.8 Å².